The molecule has 0 bridgehead atoms. The van der Waals surface area contributed by atoms with Gasteiger partial charge in [0.15, 0.2) is 5.82 Å². The van der Waals surface area contributed by atoms with Crippen LogP contribution in [0.25, 0.3) is 11.4 Å². The third-order valence-corrected chi connectivity index (χ3v) is 3.80. The van der Waals surface area contributed by atoms with Crippen LogP contribution in [0.1, 0.15) is 11.1 Å². The molecule has 3 aromatic rings. The second-order valence-electron chi connectivity index (χ2n) is 5.26. The Balaban J connectivity index is 1.92. The van der Waals surface area contributed by atoms with E-state index in [-0.39, 0.29) is 4.77 Å². The molecule has 0 amide bonds. The second kappa shape index (κ2) is 7.12. The Morgan fingerprint density at radius 2 is 1.92 bits per heavy atom. The Bertz CT molecular complexity index is 990. The molecule has 0 unspecified atom stereocenters. The molecular formula is C17H13F3N4OS. The monoisotopic (exact) mass is 378 g/mol. The summed E-state index contributed by atoms with van der Waals surface area (Å²) in [7, 11) is 1.55. The maximum Gasteiger partial charge on any atom is 0.416 e. The average molecular weight is 378 g/mol. The highest BCUT2D eigenvalue weighted by Gasteiger charge is 2.29. The molecular weight excluding hydrogens is 365 g/mol. The van der Waals surface area contributed by atoms with Crippen molar-refractivity contribution in [3.05, 3.63) is 64.4 Å². The smallest absolute Gasteiger partial charge is 0.416 e. The molecule has 0 atom stereocenters. The number of methoxy groups -OCH3 is 1. The lowest BCUT2D eigenvalue weighted by molar-refractivity contribution is -0.137. The van der Waals surface area contributed by atoms with Crippen LogP contribution >= 0.6 is 12.2 Å². The fraction of sp³-hybridized carbons (Fsp3) is 0.118. The zero-order valence-electron chi connectivity index (χ0n) is 13.5. The van der Waals surface area contributed by atoms with Crippen molar-refractivity contribution in [2.45, 2.75) is 6.18 Å². The maximum absolute atomic E-state index is 12.6. The van der Waals surface area contributed by atoms with E-state index in [9.17, 15) is 13.2 Å². The molecule has 0 spiro atoms. The predicted molar refractivity (Wildman–Crippen MR) is 93.8 cm³/mol. The lowest BCUT2D eigenvalue weighted by Gasteiger charge is -2.06. The number of H-pyrrole nitrogens is 1. The van der Waals surface area contributed by atoms with E-state index >= 15 is 0 Å². The molecule has 1 heterocycles. The fourth-order valence-corrected chi connectivity index (χ4v) is 2.41. The topological polar surface area (TPSA) is 55.2 Å². The van der Waals surface area contributed by atoms with Gasteiger partial charge in [0, 0.05) is 5.56 Å². The van der Waals surface area contributed by atoms with Crippen LogP contribution in [0, 0.1) is 4.77 Å². The van der Waals surface area contributed by atoms with Crippen LogP contribution in [-0.4, -0.2) is 28.2 Å². The molecule has 0 radical (unpaired) electrons. The molecule has 5 nitrogen and oxygen atoms in total. The van der Waals surface area contributed by atoms with E-state index in [1.54, 1.807) is 25.3 Å². The van der Waals surface area contributed by atoms with E-state index in [0.29, 0.717) is 17.1 Å². The first-order valence-corrected chi connectivity index (χ1v) is 7.83. The van der Waals surface area contributed by atoms with Gasteiger partial charge in [-0.25, -0.2) is 5.10 Å². The van der Waals surface area contributed by atoms with Gasteiger partial charge in [0.25, 0.3) is 0 Å². The van der Waals surface area contributed by atoms with E-state index in [1.807, 2.05) is 6.07 Å². The lowest BCUT2D eigenvalue weighted by atomic mass is 10.1. The molecule has 3 rings (SSSR count). The number of halogens is 3. The van der Waals surface area contributed by atoms with E-state index in [2.05, 4.69) is 15.3 Å². The molecule has 0 aliphatic heterocycles. The summed E-state index contributed by atoms with van der Waals surface area (Å²) in [5.41, 5.74) is 0.505. The van der Waals surface area contributed by atoms with Crippen LogP contribution in [0.3, 0.4) is 0 Å². The van der Waals surface area contributed by atoms with Gasteiger partial charge in [-0.3, -0.25) is 0 Å². The van der Waals surface area contributed by atoms with Crippen molar-refractivity contribution in [3.8, 4) is 17.1 Å². The van der Waals surface area contributed by atoms with Gasteiger partial charge in [-0.2, -0.15) is 28.0 Å². The van der Waals surface area contributed by atoms with Crippen molar-refractivity contribution in [2.24, 2.45) is 5.10 Å². The summed E-state index contributed by atoms with van der Waals surface area (Å²) < 4.78 is 44.7. The zero-order chi connectivity index (χ0) is 18.7. The number of rotatable bonds is 4. The number of alkyl halides is 3. The van der Waals surface area contributed by atoms with Gasteiger partial charge in [-0.05, 0) is 42.0 Å². The number of aromatic amines is 1. The number of hydrogen-bond acceptors (Lipinski definition) is 4. The van der Waals surface area contributed by atoms with Gasteiger partial charge in [0.1, 0.15) is 5.75 Å². The Morgan fingerprint density at radius 1 is 1.19 bits per heavy atom. The van der Waals surface area contributed by atoms with Gasteiger partial charge in [0.2, 0.25) is 4.77 Å². The quantitative estimate of drug-likeness (QED) is 0.537. The molecule has 9 heteroatoms. The number of nitrogens with zero attached hydrogens (tertiary/aromatic N) is 3. The van der Waals surface area contributed by atoms with E-state index in [4.69, 9.17) is 17.0 Å². The molecule has 0 aliphatic carbocycles. The van der Waals surface area contributed by atoms with Gasteiger partial charge in [-0.15, -0.1) is 0 Å². The second-order valence-corrected chi connectivity index (χ2v) is 5.65. The number of hydrogen-bond donors (Lipinski definition) is 1. The van der Waals surface area contributed by atoms with Crippen LogP contribution < -0.4 is 4.74 Å². The molecule has 2 aromatic carbocycles. The highest BCUT2D eigenvalue weighted by atomic mass is 32.1. The van der Waals surface area contributed by atoms with Crippen molar-refractivity contribution in [1.82, 2.24) is 14.9 Å². The van der Waals surface area contributed by atoms with Gasteiger partial charge in [0.05, 0.1) is 18.9 Å². The maximum atomic E-state index is 12.6. The number of benzene rings is 2. The van der Waals surface area contributed by atoms with Crippen LogP contribution in [0.4, 0.5) is 13.2 Å². The van der Waals surface area contributed by atoms with Gasteiger partial charge in [-0.1, -0.05) is 24.3 Å². The largest absolute Gasteiger partial charge is 0.497 e. The van der Waals surface area contributed by atoms with Crippen molar-refractivity contribution >= 4 is 18.4 Å². The van der Waals surface area contributed by atoms with Crippen molar-refractivity contribution in [1.29, 1.82) is 0 Å². The zero-order valence-corrected chi connectivity index (χ0v) is 14.3. The number of nitrogens with one attached hydrogen (secondary N) is 1. The number of aromatic nitrogens is 3. The lowest BCUT2D eigenvalue weighted by Crippen LogP contribution is -2.04. The van der Waals surface area contributed by atoms with E-state index in [0.717, 1.165) is 17.7 Å². The average Bonchev–Trinajstić information content (AvgIpc) is 3.00. The Kier molecular flexibility index (Phi) is 4.90. The fourth-order valence-electron chi connectivity index (χ4n) is 2.23. The minimum atomic E-state index is -4.37. The van der Waals surface area contributed by atoms with Crippen molar-refractivity contribution in [3.63, 3.8) is 0 Å². The first-order chi connectivity index (χ1) is 12.4. The summed E-state index contributed by atoms with van der Waals surface area (Å²) in [5.74, 6) is 1.10. The standard InChI is InChI=1S/C17H13F3N4OS/c1-25-14-4-2-3-12(9-14)15-22-23-16(26)24(15)21-10-11-5-7-13(8-6-11)17(18,19)20/h2-10H,1H3,(H,23,26)/b21-10-. The summed E-state index contributed by atoms with van der Waals surface area (Å²) >= 11 is 5.17. The third-order valence-electron chi connectivity index (χ3n) is 3.54. The highest BCUT2D eigenvalue weighted by molar-refractivity contribution is 7.71. The first-order valence-electron chi connectivity index (χ1n) is 7.42. The minimum absolute atomic E-state index is 0.256. The molecule has 26 heavy (non-hydrogen) atoms. The van der Waals surface area contributed by atoms with Crippen LogP contribution in [0.5, 0.6) is 5.75 Å². The summed E-state index contributed by atoms with van der Waals surface area (Å²) in [4.78, 5) is 0. The Morgan fingerprint density at radius 3 is 2.58 bits per heavy atom. The van der Waals surface area contributed by atoms with Crippen LogP contribution in [0.2, 0.25) is 0 Å². The predicted octanol–water partition coefficient (Wildman–Crippen LogP) is 4.52. The summed E-state index contributed by atoms with van der Waals surface area (Å²) in [6, 6.07) is 11.9. The SMILES string of the molecule is COc1cccc(-c2n[nH]c(=S)n2/N=C\c2ccc(C(F)(F)F)cc2)c1. The molecule has 0 saturated carbocycles. The summed E-state index contributed by atoms with van der Waals surface area (Å²) in [5, 5.41) is 11.0. The molecule has 134 valence electrons. The van der Waals surface area contributed by atoms with Gasteiger partial charge < -0.3 is 4.74 Å². The highest BCUT2D eigenvalue weighted by Crippen LogP contribution is 2.29. The third kappa shape index (κ3) is 3.83. The van der Waals surface area contributed by atoms with Crippen molar-refractivity contribution in [2.75, 3.05) is 7.11 Å². The summed E-state index contributed by atoms with van der Waals surface area (Å²) in [6.07, 6.45) is -2.96. The Hall–Kier alpha value is -2.94. The van der Waals surface area contributed by atoms with Gasteiger partial charge >= 0.3 is 6.18 Å². The van der Waals surface area contributed by atoms with E-state index in [1.165, 1.54) is 23.0 Å². The van der Waals surface area contributed by atoms with Crippen LogP contribution in [0.15, 0.2) is 53.6 Å². The molecule has 0 aliphatic rings. The Labute approximate surface area is 151 Å². The summed E-state index contributed by atoms with van der Waals surface area (Å²) in [6.45, 7) is 0. The molecule has 0 fully saturated rings. The van der Waals surface area contributed by atoms with Crippen LogP contribution in [-0.2, 0) is 6.18 Å². The first kappa shape index (κ1) is 17.9. The number of ether oxygens (including phenoxy) is 1. The minimum Gasteiger partial charge on any atom is -0.497 e. The van der Waals surface area contributed by atoms with E-state index < -0.39 is 11.7 Å². The molecule has 0 saturated heterocycles. The molecule has 1 aromatic heterocycles. The molecule has 1 N–H and O–H groups in total. The van der Waals surface area contributed by atoms with Crippen molar-refractivity contribution < 1.29 is 17.9 Å². The normalized spacial score (nSPS) is 11.8.